The number of fused-ring (bicyclic) bond motifs is 8. The lowest BCUT2D eigenvalue weighted by molar-refractivity contribution is -0.124. The van der Waals surface area contributed by atoms with Gasteiger partial charge in [0.05, 0.1) is 64.6 Å². The summed E-state index contributed by atoms with van der Waals surface area (Å²) in [6, 6.07) is 44.5. The summed E-state index contributed by atoms with van der Waals surface area (Å²) in [6.45, 7) is 34.9. The van der Waals surface area contributed by atoms with Gasteiger partial charge in [0.15, 0.2) is 0 Å². The molecule has 0 fully saturated rings. The lowest BCUT2D eigenvalue weighted by atomic mass is 9.98. The summed E-state index contributed by atoms with van der Waals surface area (Å²) in [7, 11) is -5.13. The molecule has 6 aliphatic rings. The summed E-state index contributed by atoms with van der Waals surface area (Å²) in [5, 5.41) is 6.86. The highest BCUT2D eigenvalue weighted by Gasteiger charge is 2.55. The van der Waals surface area contributed by atoms with E-state index in [0.717, 1.165) is 158 Å². The Morgan fingerprint density at radius 1 is 0.216 bits per heavy atom. The molecule has 148 heavy (non-hydrogen) atoms. The Labute approximate surface area is 930 Å². The van der Waals surface area contributed by atoms with Crippen LogP contribution < -0.4 is 20.7 Å². The van der Waals surface area contributed by atoms with E-state index in [2.05, 4.69) is 236 Å². The van der Waals surface area contributed by atoms with Crippen LogP contribution in [0.3, 0.4) is 0 Å². The summed E-state index contributed by atoms with van der Waals surface area (Å²) in [4.78, 5) is 94.9. The molecule has 4 atom stereocenters. The Balaban J connectivity index is 0.873. The normalized spacial score (nSPS) is 16.0. The van der Waals surface area contributed by atoms with Gasteiger partial charge < -0.3 is 19.6 Å². The van der Waals surface area contributed by atoms with E-state index in [9.17, 15) is 0 Å². The van der Waals surface area contributed by atoms with Crippen LogP contribution in [0, 0.1) is 23.7 Å². The number of carbonyl (C=O) groups is 4. The lowest BCUT2D eigenvalue weighted by Crippen LogP contribution is -2.56. The molecule has 9 aromatic rings. The maximum absolute atomic E-state index is 16.5. The van der Waals surface area contributed by atoms with Crippen molar-refractivity contribution in [1.29, 1.82) is 0 Å². The summed E-state index contributed by atoms with van der Waals surface area (Å²) < 4.78 is 0. The highest BCUT2D eigenvalue weighted by Crippen LogP contribution is 2.57. The molecule has 0 bridgehead atoms. The van der Waals surface area contributed by atoms with Crippen LogP contribution in [0.2, 0.25) is 24.2 Å². The fourth-order valence-electron chi connectivity index (χ4n) is 25.4. The number of nitrogens with zero attached hydrogens (tertiary/aromatic N) is 4. The number of thiophene rings is 8. The first kappa shape index (κ1) is 116. The van der Waals surface area contributed by atoms with Crippen LogP contribution in [0.15, 0.2) is 119 Å². The Kier molecular flexibility index (Phi) is 45.7. The molecule has 6 aliphatic heterocycles. The first-order valence-electron chi connectivity index (χ1n) is 60.8. The minimum Gasteiger partial charge on any atom is -0.306 e. The van der Waals surface area contributed by atoms with Crippen LogP contribution in [0.5, 0.6) is 0 Å². The molecule has 14 heterocycles. The molecule has 0 spiro atoms. The van der Waals surface area contributed by atoms with Gasteiger partial charge in [0, 0.05) is 84.7 Å². The van der Waals surface area contributed by atoms with Crippen molar-refractivity contribution in [3.63, 3.8) is 0 Å². The maximum Gasteiger partial charge on any atom is 0.261 e. The van der Waals surface area contributed by atoms with Crippen molar-refractivity contribution < 1.29 is 19.2 Å². The van der Waals surface area contributed by atoms with Crippen LogP contribution >= 0.6 is 90.7 Å². The quantitative estimate of drug-likeness (QED) is 0.0281. The third-order valence-electron chi connectivity index (χ3n) is 34.5. The van der Waals surface area contributed by atoms with Gasteiger partial charge in [-0.05, 0) is 216 Å². The predicted octanol–water partition coefficient (Wildman–Crippen LogP) is 39.7. The number of hydrogen-bond donors (Lipinski definition) is 0. The third-order valence-corrected chi connectivity index (χ3v) is 55.2. The van der Waals surface area contributed by atoms with E-state index >= 15 is 19.2 Å². The SMILES string of the molecule is CCCCCCCCc1ccc(-c2ccc(C3=C4C(=O)N(CC(CC)CCCC)C(c5ccc(-c6cc7c(s6)-c6cc8c(cc6[Si]7(CCCCCCCC)CCCCCCCC)-c6sc(-c7ccc(C9=C%10C(=O)N(CC(CC)CCCC)C(c%11ccc(-c%12ccc(CCCCCCCC)s%12)s%11)=C%10C(=O)N9CC(CC)CCCC)s7)cc6[Si]8(CCCCCCCC)CCCCCCCC)s5)=C4C(=O)N3CC(CC)CCCC)s2)s1. The Morgan fingerprint density at radius 2 is 0.432 bits per heavy atom. The highest BCUT2D eigenvalue weighted by molar-refractivity contribution is 7.29. The number of benzene rings is 1. The molecule has 0 radical (unpaired) electrons. The number of unbranched alkanes of at least 4 members (excludes halogenated alkanes) is 34. The average molecular weight is 2180 g/mol. The van der Waals surface area contributed by atoms with Crippen LogP contribution in [0.1, 0.15) is 460 Å². The first-order chi connectivity index (χ1) is 72.5. The molecule has 806 valence electrons. The molecular formula is C130H186N4O4S8Si2. The molecule has 0 aliphatic carbocycles. The van der Waals surface area contributed by atoms with Crippen LogP contribution in [-0.4, -0.2) is 85.6 Å². The molecule has 4 amide bonds. The fraction of sp³-hybridized carbons (Fsp3) is 0.615. The summed E-state index contributed by atoms with van der Waals surface area (Å²) in [5.74, 6) is 1.27. The van der Waals surface area contributed by atoms with Crippen molar-refractivity contribution in [2.45, 2.75) is 468 Å². The zero-order valence-corrected chi connectivity index (χ0v) is 103. The molecule has 18 heteroatoms. The minimum atomic E-state index is -2.57. The second kappa shape index (κ2) is 58.2. The standard InChI is InChI=1S/C130H186N4O4S8Si2/c1-15-29-39-45-51-57-67-97-69-71-101(139-97)103-73-77-107(141-103)121-117-119(129(137)131(121)89-93(25-11)63-35-21-7)123(133(127(117)135)91-95(27-13)65-37-23-9)109-79-75-105(143-109)111-87-115-125(145-111)99-85-114-100(86-113(99)147(115,81-59-53-47-41-31-17-3)82-60-54-48-42-32-18-4)126-116(148(114,83-61-55-49-43-33-19-5)84-62-56-50-44-34-20-6)88-112(146-126)106-76-80-110(144-106)124-120-118(128(136)134(124)92-96(28-14)66-38-24-10)122(132(130(120)138)90-94(26-12)64-36-22-8)108-78-74-104(142-108)102-72-70-98(140-102)68-58-52-46-40-30-16-2/h69-80,85-88,93-96H,15-68,81-84,89-92H2,1-14H3. The van der Waals surface area contributed by atoms with E-state index in [1.807, 2.05) is 45.3 Å². The smallest absolute Gasteiger partial charge is 0.261 e. The first-order valence-corrected chi connectivity index (χ1v) is 72.2. The molecule has 4 unspecified atom stereocenters. The molecule has 15 rings (SSSR count). The topological polar surface area (TPSA) is 81.2 Å². The molecule has 0 N–H and O–H groups in total. The van der Waals surface area contributed by atoms with Gasteiger partial charge in [-0.25, -0.2) is 0 Å². The number of rotatable bonds is 74. The Bertz CT molecular complexity index is 5510. The average Bonchev–Trinajstić information content (AvgIpc) is 1.52. The van der Waals surface area contributed by atoms with Crippen molar-refractivity contribution in [2.24, 2.45) is 23.7 Å². The predicted molar refractivity (Wildman–Crippen MR) is 660 cm³/mol. The van der Waals surface area contributed by atoms with Crippen molar-refractivity contribution in [1.82, 2.24) is 19.6 Å². The third kappa shape index (κ3) is 27.1. The van der Waals surface area contributed by atoms with E-state index in [0.29, 0.717) is 72.1 Å². The van der Waals surface area contributed by atoms with Crippen LogP contribution in [0.25, 0.3) is 82.7 Å². The zero-order chi connectivity index (χ0) is 104. The largest absolute Gasteiger partial charge is 0.306 e. The van der Waals surface area contributed by atoms with Crippen molar-refractivity contribution in [3.05, 3.63) is 149 Å². The summed E-state index contributed by atoms with van der Waals surface area (Å²) in [5.41, 5.74) is 9.11. The summed E-state index contributed by atoms with van der Waals surface area (Å²) >= 11 is 15.3. The van der Waals surface area contributed by atoms with E-state index in [1.54, 1.807) is 64.3 Å². The number of hydrogen-bond acceptors (Lipinski definition) is 12. The van der Waals surface area contributed by atoms with Gasteiger partial charge in [-0.3, -0.25) is 19.2 Å². The fourth-order valence-corrected chi connectivity index (χ4v) is 47.1. The second-order valence-corrected chi connectivity index (χ2v) is 62.6. The lowest BCUT2D eigenvalue weighted by Gasteiger charge is -2.32. The van der Waals surface area contributed by atoms with Gasteiger partial charge in [0.25, 0.3) is 23.6 Å². The van der Waals surface area contributed by atoms with Gasteiger partial charge in [-0.2, -0.15) is 0 Å². The molecule has 1 aromatic carbocycles. The number of aryl methyl sites for hydroxylation is 2. The van der Waals surface area contributed by atoms with Gasteiger partial charge in [-0.1, -0.05) is 404 Å². The summed E-state index contributed by atoms with van der Waals surface area (Å²) in [6.07, 6.45) is 65.4. The van der Waals surface area contributed by atoms with E-state index < -0.39 is 16.1 Å². The maximum atomic E-state index is 16.5. The van der Waals surface area contributed by atoms with Crippen molar-refractivity contribution in [3.8, 4) is 59.9 Å². The van der Waals surface area contributed by atoms with E-state index in [4.69, 9.17) is 0 Å². The van der Waals surface area contributed by atoms with Gasteiger partial charge in [-0.15, -0.1) is 90.7 Å². The van der Waals surface area contributed by atoms with Crippen LogP contribution in [-0.2, 0) is 32.0 Å². The molecule has 8 aromatic heterocycles. The molecule has 0 saturated heterocycles. The van der Waals surface area contributed by atoms with Gasteiger partial charge >= 0.3 is 0 Å². The van der Waals surface area contributed by atoms with E-state index in [1.165, 1.54) is 304 Å². The van der Waals surface area contributed by atoms with E-state index in [-0.39, 0.29) is 23.6 Å². The number of carbonyl (C=O) groups excluding carboxylic acids is 4. The Hall–Kier alpha value is -5.91. The monoisotopic (exact) mass is 2180 g/mol. The molecule has 8 nitrogen and oxygen atoms in total. The minimum absolute atomic E-state index is 0.0111. The molecular weight excluding hydrogens is 1990 g/mol. The van der Waals surface area contributed by atoms with Gasteiger partial charge in [0.2, 0.25) is 0 Å². The zero-order valence-electron chi connectivity index (χ0n) is 94.1. The van der Waals surface area contributed by atoms with Crippen LogP contribution in [0.4, 0.5) is 0 Å². The number of amides is 4. The van der Waals surface area contributed by atoms with Crippen molar-refractivity contribution >= 4 is 174 Å². The molecule has 0 saturated carbocycles. The van der Waals surface area contributed by atoms with Gasteiger partial charge in [0.1, 0.15) is 16.1 Å². The Morgan fingerprint density at radius 3 is 0.682 bits per heavy atom. The highest BCUT2D eigenvalue weighted by atomic mass is 32.1. The second-order valence-electron chi connectivity index (χ2n) is 45.3. The van der Waals surface area contributed by atoms with Crippen molar-refractivity contribution in [2.75, 3.05) is 26.2 Å².